The lowest BCUT2D eigenvalue weighted by Crippen LogP contribution is -2.37. The van der Waals surface area contributed by atoms with Crippen LogP contribution in [0.4, 0.5) is 0 Å². The van der Waals surface area contributed by atoms with Gasteiger partial charge in [-0.25, -0.2) is 0 Å². The van der Waals surface area contributed by atoms with Crippen molar-refractivity contribution in [2.75, 3.05) is 0 Å². The summed E-state index contributed by atoms with van der Waals surface area (Å²) in [6, 6.07) is 57.0. The largest absolute Gasteiger partial charge is 0.0775 e. The second-order valence-electron chi connectivity index (χ2n) is 13.8. The van der Waals surface area contributed by atoms with E-state index < -0.39 is 8.07 Å². The molecule has 9 aromatic carbocycles. The monoisotopic (exact) mass is 602 g/mol. The van der Waals surface area contributed by atoms with Crippen molar-refractivity contribution in [3.63, 3.8) is 0 Å². The number of benzene rings is 9. The molecule has 0 bridgehead atoms. The molecule has 218 valence electrons. The number of rotatable bonds is 4. The highest BCUT2D eigenvalue weighted by atomic mass is 28.3. The molecule has 0 aliphatic heterocycles. The first kappa shape index (κ1) is 27.1. The Balaban J connectivity index is 1.36. The van der Waals surface area contributed by atoms with E-state index in [4.69, 9.17) is 0 Å². The topological polar surface area (TPSA) is 0 Å². The van der Waals surface area contributed by atoms with E-state index in [-0.39, 0.29) is 0 Å². The fourth-order valence-corrected chi connectivity index (χ4v) is 8.66. The fourth-order valence-electron chi connectivity index (χ4n) is 7.49. The third-order valence-electron chi connectivity index (χ3n) is 9.96. The summed E-state index contributed by atoms with van der Waals surface area (Å²) in [4.78, 5) is 0. The lowest BCUT2D eigenvalue weighted by atomic mass is 9.84. The maximum Gasteiger partial charge on any atom is 0.0775 e. The van der Waals surface area contributed by atoms with Crippen LogP contribution < -0.4 is 5.19 Å². The lowest BCUT2D eigenvalue weighted by molar-refractivity contribution is 1.64. The van der Waals surface area contributed by atoms with Gasteiger partial charge in [-0.3, -0.25) is 0 Å². The van der Waals surface area contributed by atoms with Crippen LogP contribution in [0.15, 0.2) is 152 Å². The first-order chi connectivity index (χ1) is 22.4. The maximum absolute atomic E-state index is 2.44. The quantitative estimate of drug-likeness (QED) is 0.139. The zero-order chi connectivity index (χ0) is 31.0. The van der Waals surface area contributed by atoms with Gasteiger partial charge in [0.25, 0.3) is 0 Å². The fraction of sp³-hybridized carbons (Fsp3) is 0.0667. The summed E-state index contributed by atoms with van der Waals surface area (Å²) >= 11 is 0. The Morgan fingerprint density at radius 1 is 0.326 bits per heavy atom. The van der Waals surface area contributed by atoms with Crippen molar-refractivity contribution >= 4 is 67.1 Å². The Hall–Kier alpha value is -5.24. The molecule has 0 saturated carbocycles. The van der Waals surface area contributed by atoms with Crippen molar-refractivity contribution in [1.29, 1.82) is 0 Å². The molecule has 0 N–H and O–H groups in total. The predicted molar refractivity (Wildman–Crippen MR) is 204 cm³/mol. The normalized spacial score (nSPS) is 12.2. The van der Waals surface area contributed by atoms with Crippen LogP contribution in [-0.4, -0.2) is 8.07 Å². The minimum Gasteiger partial charge on any atom is -0.0656 e. The molecule has 0 saturated heterocycles. The van der Waals surface area contributed by atoms with Crippen molar-refractivity contribution in [3.8, 4) is 33.4 Å². The first-order valence-corrected chi connectivity index (χ1v) is 19.8. The van der Waals surface area contributed by atoms with Gasteiger partial charge in [0.1, 0.15) is 0 Å². The lowest BCUT2D eigenvalue weighted by Gasteiger charge is -2.21. The van der Waals surface area contributed by atoms with Crippen LogP contribution in [0.25, 0.3) is 87.2 Å². The summed E-state index contributed by atoms with van der Waals surface area (Å²) in [6.07, 6.45) is 0. The summed E-state index contributed by atoms with van der Waals surface area (Å²) in [6.45, 7) is 7.26. The van der Waals surface area contributed by atoms with Gasteiger partial charge in [-0.05, 0) is 105 Å². The number of fused-ring (bicyclic) bond motifs is 2. The zero-order valence-corrected chi connectivity index (χ0v) is 27.4. The van der Waals surface area contributed by atoms with Gasteiger partial charge in [-0.15, -0.1) is 0 Å². The molecule has 0 aliphatic carbocycles. The Morgan fingerprint density at radius 3 is 1.39 bits per heavy atom. The van der Waals surface area contributed by atoms with Gasteiger partial charge in [-0.1, -0.05) is 158 Å². The second-order valence-corrected chi connectivity index (χ2v) is 18.9. The molecule has 0 heterocycles. The molecule has 0 spiro atoms. The molecule has 0 atom stereocenters. The average molecular weight is 603 g/mol. The SMILES string of the molecule is C[Si](C)(C)c1ccc(-c2cc(-c3ccc4ccccc4c3)c3ccc4ccc(-c5ccc6ccccc6c5)c5ccc2c3c45)cc1. The third kappa shape index (κ3) is 4.27. The molecule has 9 rings (SSSR count). The molecule has 46 heavy (non-hydrogen) atoms. The van der Waals surface area contributed by atoms with E-state index in [2.05, 4.69) is 171 Å². The van der Waals surface area contributed by atoms with Gasteiger partial charge in [0.05, 0.1) is 8.07 Å². The van der Waals surface area contributed by atoms with Gasteiger partial charge in [-0.2, -0.15) is 0 Å². The van der Waals surface area contributed by atoms with E-state index >= 15 is 0 Å². The van der Waals surface area contributed by atoms with E-state index in [1.165, 1.54) is 92.4 Å². The molecule has 0 aliphatic rings. The molecule has 0 unspecified atom stereocenters. The Kier molecular flexibility index (Phi) is 5.97. The molecule has 0 nitrogen and oxygen atoms in total. The second kappa shape index (κ2) is 10.1. The highest BCUT2D eigenvalue weighted by Crippen LogP contribution is 2.46. The summed E-state index contributed by atoms with van der Waals surface area (Å²) < 4.78 is 0. The minimum absolute atomic E-state index is 1.26. The first-order valence-electron chi connectivity index (χ1n) is 16.3. The van der Waals surface area contributed by atoms with E-state index in [1.807, 2.05) is 0 Å². The predicted octanol–water partition coefficient (Wildman–Crippen LogP) is 12.4. The van der Waals surface area contributed by atoms with Crippen LogP contribution in [0.1, 0.15) is 0 Å². The highest BCUT2D eigenvalue weighted by molar-refractivity contribution is 6.88. The van der Waals surface area contributed by atoms with Crippen LogP contribution in [0, 0.1) is 0 Å². The molecule has 0 amide bonds. The molecule has 0 fully saturated rings. The van der Waals surface area contributed by atoms with Crippen LogP contribution in [0.5, 0.6) is 0 Å². The van der Waals surface area contributed by atoms with Crippen LogP contribution in [-0.2, 0) is 0 Å². The Morgan fingerprint density at radius 2 is 0.783 bits per heavy atom. The zero-order valence-electron chi connectivity index (χ0n) is 26.4. The van der Waals surface area contributed by atoms with E-state index in [9.17, 15) is 0 Å². The van der Waals surface area contributed by atoms with Crippen molar-refractivity contribution in [2.45, 2.75) is 19.6 Å². The van der Waals surface area contributed by atoms with Crippen LogP contribution in [0.3, 0.4) is 0 Å². The van der Waals surface area contributed by atoms with Crippen molar-refractivity contribution in [1.82, 2.24) is 0 Å². The maximum atomic E-state index is 2.44. The van der Waals surface area contributed by atoms with Crippen molar-refractivity contribution in [2.24, 2.45) is 0 Å². The van der Waals surface area contributed by atoms with E-state index in [0.29, 0.717) is 0 Å². The standard InChI is InChI=1S/C45H34Si/c1-46(2,3)37-20-16-31(17-21-37)42-28-43(36-15-13-30-9-5-7-11-34(30)27-36)40-23-19-32-18-22-38(39-24-25-41(42)45(40)44(32)39)35-14-12-29-8-4-6-10-33(29)26-35/h4-28H,1-3H3. The van der Waals surface area contributed by atoms with Crippen molar-refractivity contribution < 1.29 is 0 Å². The molecule has 0 aromatic heterocycles. The summed E-state index contributed by atoms with van der Waals surface area (Å²) in [5, 5.41) is 14.5. The molecular formula is C45H34Si. The smallest absolute Gasteiger partial charge is 0.0656 e. The van der Waals surface area contributed by atoms with Crippen LogP contribution >= 0.6 is 0 Å². The van der Waals surface area contributed by atoms with Gasteiger partial charge in [0.2, 0.25) is 0 Å². The third-order valence-corrected chi connectivity index (χ3v) is 12.0. The Labute approximate surface area is 270 Å². The Bertz CT molecular complexity index is 2600. The highest BCUT2D eigenvalue weighted by Gasteiger charge is 2.20. The van der Waals surface area contributed by atoms with Gasteiger partial charge in [0.15, 0.2) is 0 Å². The number of hydrogen-bond acceptors (Lipinski definition) is 0. The molecule has 1 heteroatoms. The molecule has 0 radical (unpaired) electrons. The number of hydrogen-bond donors (Lipinski definition) is 0. The molecule has 9 aromatic rings. The minimum atomic E-state index is -1.41. The summed E-state index contributed by atoms with van der Waals surface area (Å²) in [7, 11) is -1.41. The van der Waals surface area contributed by atoms with Crippen LogP contribution in [0.2, 0.25) is 19.6 Å². The van der Waals surface area contributed by atoms with Crippen molar-refractivity contribution in [3.05, 3.63) is 152 Å². The summed E-state index contributed by atoms with van der Waals surface area (Å²) in [5.74, 6) is 0. The van der Waals surface area contributed by atoms with Gasteiger partial charge >= 0.3 is 0 Å². The summed E-state index contributed by atoms with van der Waals surface area (Å²) in [5.41, 5.74) is 7.65. The van der Waals surface area contributed by atoms with Gasteiger partial charge in [0, 0.05) is 0 Å². The average Bonchev–Trinajstić information content (AvgIpc) is 3.09. The van der Waals surface area contributed by atoms with E-state index in [0.717, 1.165) is 0 Å². The van der Waals surface area contributed by atoms with Gasteiger partial charge < -0.3 is 0 Å². The van der Waals surface area contributed by atoms with E-state index in [1.54, 1.807) is 0 Å². The molecular weight excluding hydrogens is 569 g/mol.